The highest BCUT2D eigenvalue weighted by molar-refractivity contribution is 5.80. The van der Waals surface area contributed by atoms with Crippen molar-refractivity contribution in [3.63, 3.8) is 0 Å². The predicted molar refractivity (Wildman–Crippen MR) is 210 cm³/mol. The van der Waals surface area contributed by atoms with E-state index in [4.69, 9.17) is 9.47 Å². The molecule has 0 aromatic carbocycles. The fourth-order valence-electron chi connectivity index (χ4n) is 7.20. The minimum Gasteiger partial charge on any atom is -0.394 e. The average molecular weight is 762 g/mol. The van der Waals surface area contributed by atoms with Crippen molar-refractivity contribution in [2.24, 2.45) is 0 Å². The molecule has 9 atom stereocenters. The highest BCUT2D eigenvalue weighted by Gasteiger charge is 2.44. The van der Waals surface area contributed by atoms with Crippen molar-refractivity contribution < 1.29 is 50.0 Å². The van der Waals surface area contributed by atoms with Gasteiger partial charge in [-0.25, -0.2) is 0 Å². The molecular weight excluding hydrogens is 678 g/mol. The van der Waals surface area contributed by atoms with Crippen molar-refractivity contribution in [1.82, 2.24) is 5.32 Å². The summed E-state index contributed by atoms with van der Waals surface area (Å²) in [6, 6.07) is -1.16. The molecule has 1 rings (SSSR count). The Hall–Kier alpha value is -0.890. The lowest BCUT2D eigenvalue weighted by Gasteiger charge is -2.40. The van der Waals surface area contributed by atoms with Gasteiger partial charge in [-0.3, -0.25) is 4.79 Å². The Bertz CT molecular complexity index is 836. The molecule has 0 aromatic heterocycles. The summed E-state index contributed by atoms with van der Waals surface area (Å²) in [7, 11) is 0. The Balaban J connectivity index is 2.20. The number of hydrogen-bond donors (Lipinski definition) is 8. The van der Waals surface area contributed by atoms with Gasteiger partial charge in [-0.2, -0.15) is 0 Å². The number of aliphatic hydroxyl groups is 7. The van der Waals surface area contributed by atoms with E-state index in [2.05, 4.69) is 12.2 Å². The minimum absolute atomic E-state index is 0.264. The first-order valence-electron chi connectivity index (χ1n) is 21.9. The van der Waals surface area contributed by atoms with Gasteiger partial charge in [0.15, 0.2) is 6.29 Å². The Morgan fingerprint density at radius 2 is 0.981 bits per heavy atom. The van der Waals surface area contributed by atoms with Gasteiger partial charge < -0.3 is 50.5 Å². The minimum atomic E-state index is -1.65. The normalized spacial score (nSPS) is 22.8. The molecule has 1 heterocycles. The molecule has 0 radical (unpaired) electrons. The zero-order chi connectivity index (χ0) is 39.1. The van der Waals surface area contributed by atoms with Gasteiger partial charge >= 0.3 is 0 Å². The van der Waals surface area contributed by atoms with Gasteiger partial charge in [-0.05, 0) is 12.8 Å². The van der Waals surface area contributed by atoms with Crippen LogP contribution in [0, 0.1) is 0 Å². The molecule has 0 spiro atoms. The van der Waals surface area contributed by atoms with E-state index >= 15 is 0 Å². The number of aliphatic hydroxyl groups excluding tert-OH is 7. The second-order valence-corrected chi connectivity index (χ2v) is 15.8. The molecule has 0 saturated carbocycles. The van der Waals surface area contributed by atoms with E-state index in [-0.39, 0.29) is 6.42 Å². The van der Waals surface area contributed by atoms with Crippen LogP contribution in [-0.2, 0) is 14.3 Å². The number of rotatable bonds is 36. The van der Waals surface area contributed by atoms with Crippen molar-refractivity contribution in [3.8, 4) is 0 Å². The maximum absolute atomic E-state index is 12.9. The molecule has 8 N–H and O–H groups in total. The second-order valence-electron chi connectivity index (χ2n) is 15.8. The van der Waals surface area contributed by atoms with E-state index in [1.165, 1.54) is 122 Å². The molecule has 316 valence electrons. The lowest BCUT2D eigenvalue weighted by Crippen LogP contribution is -2.60. The smallest absolute Gasteiger partial charge is 0.249 e. The summed E-state index contributed by atoms with van der Waals surface area (Å²) in [5.74, 6) is -0.703. The van der Waals surface area contributed by atoms with Crippen LogP contribution in [0.4, 0.5) is 0 Å². The van der Waals surface area contributed by atoms with Gasteiger partial charge in [0.05, 0.1) is 25.4 Å². The summed E-state index contributed by atoms with van der Waals surface area (Å²) in [4.78, 5) is 12.9. The Morgan fingerprint density at radius 1 is 0.585 bits per heavy atom. The topological polar surface area (TPSA) is 189 Å². The number of carbonyl (C=O) groups excluding carboxylic acids is 1. The number of amides is 1. The average Bonchev–Trinajstić information content (AvgIpc) is 3.16. The number of hydrogen-bond acceptors (Lipinski definition) is 10. The quantitative estimate of drug-likeness (QED) is 0.0335. The molecule has 9 unspecified atom stereocenters. The molecule has 1 fully saturated rings. The third-order valence-electron chi connectivity index (χ3n) is 10.9. The van der Waals surface area contributed by atoms with Crippen LogP contribution in [-0.4, -0.2) is 110 Å². The van der Waals surface area contributed by atoms with Gasteiger partial charge in [0.1, 0.15) is 36.6 Å². The molecule has 0 bridgehead atoms. The molecule has 53 heavy (non-hydrogen) atoms. The van der Waals surface area contributed by atoms with E-state index in [1.807, 2.05) is 6.92 Å². The van der Waals surface area contributed by atoms with E-state index in [0.29, 0.717) is 19.3 Å². The summed E-state index contributed by atoms with van der Waals surface area (Å²) in [5.41, 5.74) is 0. The number of unbranched alkanes of at least 4 members (excludes halogenated alkanes) is 24. The van der Waals surface area contributed by atoms with Crippen LogP contribution in [0.2, 0.25) is 0 Å². The number of nitrogens with one attached hydrogen (secondary N) is 1. The van der Waals surface area contributed by atoms with Crippen LogP contribution >= 0.6 is 0 Å². The van der Waals surface area contributed by atoms with Gasteiger partial charge in [0.25, 0.3) is 0 Å². The van der Waals surface area contributed by atoms with Crippen LogP contribution in [0.25, 0.3) is 0 Å². The molecule has 1 aliphatic heterocycles. The van der Waals surface area contributed by atoms with E-state index in [9.17, 15) is 40.5 Å². The second kappa shape index (κ2) is 33.3. The summed E-state index contributed by atoms with van der Waals surface area (Å²) in [5, 5.41) is 74.5. The van der Waals surface area contributed by atoms with Crippen molar-refractivity contribution in [2.45, 2.75) is 249 Å². The lowest BCUT2D eigenvalue weighted by molar-refractivity contribution is -0.303. The standard InChI is InChI=1S/C42H83NO10/c1-3-5-7-8-9-10-11-12-13-14-15-16-17-18-19-20-21-22-23-24-25-26-28-30-35(46)41(51)43-33(37(47)34(45)29-27-6-4-2)32-52-42-40(50)39(49)38(48)36(31-44)53-42/h33-40,42,44-50H,3-32H2,1-2H3,(H,43,51). The molecule has 11 heteroatoms. The molecule has 0 aromatic rings. The first-order valence-corrected chi connectivity index (χ1v) is 21.9. The van der Waals surface area contributed by atoms with Crippen LogP contribution < -0.4 is 5.32 Å². The van der Waals surface area contributed by atoms with E-state index < -0.39 is 74.2 Å². The van der Waals surface area contributed by atoms with Gasteiger partial charge in [0.2, 0.25) is 5.91 Å². The lowest BCUT2D eigenvalue weighted by atomic mass is 9.98. The fourth-order valence-corrected chi connectivity index (χ4v) is 7.20. The highest BCUT2D eigenvalue weighted by atomic mass is 16.7. The summed E-state index contributed by atoms with van der Waals surface area (Å²) in [6.45, 7) is 3.24. The Labute approximate surface area is 322 Å². The zero-order valence-electron chi connectivity index (χ0n) is 33.8. The maximum atomic E-state index is 12.9. The predicted octanol–water partition coefficient (Wildman–Crippen LogP) is 6.33. The Kier molecular flexibility index (Phi) is 31.5. The van der Waals surface area contributed by atoms with Crippen LogP contribution in [0.1, 0.15) is 194 Å². The Morgan fingerprint density at radius 3 is 1.42 bits per heavy atom. The van der Waals surface area contributed by atoms with Crippen molar-refractivity contribution in [2.75, 3.05) is 13.2 Å². The van der Waals surface area contributed by atoms with Crippen molar-refractivity contribution >= 4 is 5.91 Å². The summed E-state index contributed by atoms with van der Waals surface area (Å²) >= 11 is 0. The SMILES string of the molecule is CCCCCCCCCCCCCCCCCCCCCCCCCC(O)C(=O)NC(COC1OC(CO)C(O)C(O)C1O)C(O)C(O)CCCCC. The first-order chi connectivity index (χ1) is 25.7. The third-order valence-corrected chi connectivity index (χ3v) is 10.9. The highest BCUT2D eigenvalue weighted by Crippen LogP contribution is 2.23. The first kappa shape index (κ1) is 50.1. The molecule has 1 aliphatic rings. The van der Waals surface area contributed by atoms with Crippen LogP contribution in [0.3, 0.4) is 0 Å². The van der Waals surface area contributed by atoms with Gasteiger partial charge in [-0.1, -0.05) is 181 Å². The maximum Gasteiger partial charge on any atom is 0.249 e. The largest absolute Gasteiger partial charge is 0.394 e. The van der Waals surface area contributed by atoms with E-state index in [0.717, 1.165) is 32.1 Å². The number of ether oxygens (including phenoxy) is 2. The van der Waals surface area contributed by atoms with Crippen molar-refractivity contribution in [1.29, 1.82) is 0 Å². The monoisotopic (exact) mass is 762 g/mol. The van der Waals surface area contributed by atoms with E-state index in [1.54, 1.807) is 0 Å². The van der Waals surface area contributed by atoms with Gasteiger partial charge in [-0.15, -0.1) is 0 Å². The summed E-state index contributed by atoms with van der Waals surface area (Å²) < 4.78 is 10.9. The fraction of sp³-hybridized carbons (Fsp3) is 0.976. The van der Waals surface area contributed by atoms with Crippen molar-refractivity contribution in [3.05, 3.63) is 0 Å². The number of carbonyl (C=O) groups is 1. The van der Waals surface area contributed by atoms with Gasteiger partial charge in [0, 0.05) is 0 Å². The van der Waals surface area contributed by atoms with Crippen LogP contribution in [0.15, 0.2) is 0 Å². The summed E-state index contributed by atoms with van der Waals surface area (Å²) in [6.07, 6.45) is 21.4. The molecular formula is C42H83NO10. The molecule has 11 nitrogen and oxygen atoms in total. The molecule has 1 amide bonds. The zero-order valence-corrected chi connectivity index (χ0v) is 33.8. The molecule has 0 aliphatic carbocycles. The third kappa shape index (κ3) is 23.7. The van der Waals surface area contributed by atoms with Crippen LogP contribution in [0.5, 0.6) is 0 Å². The molecule has 1 saturated heterocycles.